The molecular formula is C17H27N3O2. The molecule has 3 rings (SSSR count). The quantitative estimate of drug-likeness (QED) is 0.818. The lowest BCUT2D eigenvalue weighted by atomic mass is 9.87. The van der Waals surface area contributed by atoms with Gasteiger partial charge in [0.25, 0.3) is 0 Å². The van der Waals surface area contributed by atoms with Crippen molar-refractivity contribution in [2.75, 3.05) is 59.7 Å². The fourth-order valence-electron chi connectivity index (χ4n) is 3.62. The zero-order chi connectivity index (χ0) is 15.3. The Morgan fingerprint density at radius 1 is 1.27 bits per heavy atom. The number of hydrogen-bond donors (Lipinski definition) is 0. The van der Waals surface area contributed by atoms with E-state index in [9.17, 15) is 0 Å². The first-order valence-electron chi connectivity index (χ1n) is 8.21. The van der Waals surface area contributed by atoms with Gasteiger partial charge in [0.15, 0.2) is 0 Å². The second-order valence-corrected chi connectivity index (χ2v) is 6.60. The third-order valence-corrected chi connectivity index (χ3v) is 4.76. The van der Waals surface area contributed by atoms with Crippen LogP contribution in [0, 0.1) is 5.41 Å². The summed E-state index contributed by atoms with van der Waals surface area (Å²) in [4.78, 5) is 9.48. The molecule has 1 unspecified atom stereocenters. The molecule has 1 spiro atoms. The van der Waals surface area contributed by atoms with Gasteiger partial charge in [-0.2, -0.15) is 0 Å². The largest absolute Gasteiger partial charge is 0.383 e. The first-order chi connectivity index (χ1) is 10.8. The summed E-state index contributed by atoms with van der Waals surface area (Å²) in [5.74, 6) is 0. The van der Waals surface area contributed by atoms with Crippen LogP contribution >= 0.6 is 0 Å². The second-order valence-electron chi connectivity index (χ2n) is 6.60. The Labute approximate surface area is 133 Å². The maximum atomic E-state index is 5.93. The first-order valence-corrected chi connectivity index (χ1v) is 8.21. The van der Waals surface area contributed by atoms with Crippen LogP contribution in [-0.4, -0.2) is 74.4 Å². The molecule has 1 atom stereocenters. The molecule has 2 saturated heterocycles. The summed E-state index contributed by atoms with van der Waals surface area (Å²) in [6.07, 6.45) is 3.09. The van der Waals surface area contributed by atoms with Crippen LogP contribution in [0.4, 0.5) is 0 Å². The van der Waals surface area contributed by atoms with Crippen LogP contribution in [0.2, 0.25) is 0 Å². The smallest absolute Gasteiger partial charge is 0.0593 e. The summed E-state index contributed by atoms with van der Waals surface area (Å²) in [5.41, 5.74) is 1.42. The third-order valence-electron chi connectivity index (χ3n) is 4.76. The predicted molar refractivity (Wildman–Crippen MR) is 85.7 cm³/mol. The molecule has 0 radical (unpaired) electrons. The molecule has 0 aromatic carbocycles. The van der Waals surface area contributed by atoms with Crippen molar-refractivity contribution in [1.29, 1.82) is 0 Å². The van der Waals surface area contributed by atoms with Gasteiger partial charge in [0, 0.05) is 51.4 Å². The molecule has 122 valence electrons. The van der Waals surface area contributed by atoms with Crippen LogP contribution in [0.15, 0.2) is 24.4 Å². The number of hydrogen-bond acceptors (Lipinski definition) is 5. The van der Waals surface area contributed by atoms with Gasteiger partial charge in [-0.1, -0.05) is 6.07 Å². The van der Waals surface area contributed by atoms with Crippen LogP contribution in [0.25, 0.3) is 0 Å². The average Bonchev–Trinajstić information content (AvgIpc) is 2.82. The van der Waals surface area contributed by atoms with Crippen molar-refractivity contribution >= 4 is 0 Å². The molecule has 0 N–H and O–H groups in total. The summed E-state index contributed by atoms with van der Waals surface area (Å²) >= 11 is 0. The van der Waals surface area contributed by atoms with Crippen LogP contribution in [0.3, 0.4) is 0 Å². The summed E-state index contributed by atoms with van der Waals surface area (Å²) in [6.45, 7) is 8.85. The van der Waals surface area contributed by atoms with Crippen LogP contribution in [0.5, 0.6) is 0 Å². The number of likely N-dealkylation sites (tertiary alicyclic amines) is 1. The van der Waals surface area contributed by atoms with Crippen molar-refractivity contribution in [2.24, 2.45) is 5.41 Å². The Morgan fingerprint density at radius 3 is 3.00 bits per heavy atom. The van der Waals surface area contributed by atoms with Gasteiger partial charge in [-0.15, -0.1) is 0 Å². The Kier molecular flexibility index (Phi) is 5.41. The highest BCUT2D eigenvalue weighted by atomic mass is 16.5. The Morgan fingerprint density at radius 2 is 2.18 bits per heavy atom. The highest BCUT2D eigenvalue weighted by Gasteiger charge is 2.40. The van der Waals surface area contributed by atoms with Crippen molar-refractivity contribution in [2.45, 2.75) is 13.0 Å². The first kappa shape index (κ1) is 15.9. The maximum Gasteiger partial charge on any atom is 0.0593 e. The SMILES string of the molecule is COCCN1CCC2(COCCN(Cc3ccccn3)C2)C1. The topological polar surface area (TPSA) is 37.8 Å². The molecule has 0 amide bonds. The molecule has 0 saturated carbocycles. The lowest BCUT2D eigenvalue weighted by Gasteiger charge is -2.31. The lowest BCUT2D eigenvalue weighted by molar-refractivity contribution is 0.0681. The number of nitrogens with zero attached hydrogens (tertiary/aromatic N) is 3. The van der Waals surface area contributed by atoms with Crippen molar-refractivity contribution in [3.63, 3.8) is 0 Å². The van der Waals surface area contributed by atoms with Gasteiger partial charge in [0.1, 0.15) is 0 Å². The van der Waals surface area contributed by atoms with E-state index in [1.807, 2.05) is 12.3 Å². The summed E-state index contributed by atoms with van der Waals surface area (Å²) < 4.78 is 11.1. The van der Waals surface area contributed by atoms with E-state index < -0.39 is 0 Å². The van der Waals surface area contributed by atoms with Gasteiger partial charge in [0.2, 0.25) is 0 Å². The maximum absolute atomic E-state index is 5.93. The normalized spacial score (nSPS) is 27.3. The van der Waals surface area contributed by atoms with E-state index in [1.165, 1.54) is 6.42 Å². The monoisotopic (exact) mass is 305 g/mol. The molecule has 2 fully saturated rings. The molecular weight excluding hydrogens is 278 g/mol. The summed E-state index contributed by atoms with van der Waals surface area (Å²) in [6, 6.07) is 6.15. The molecule has 1 aromatic rings. The van der Waals surface area contributed by atoms with Crippen molar-refractivity contribution in [1.82, 2.24) is 14.8 Å². The van der Waals surface area contributed by atoms with Crippen LogP contribution in [-0.2, 0) is 16.0 Å². The van der Waals surface area contributed by atoms with E-state index in [1.54, 1.807) is 7.11 Å². The Hall–Kier alpha value is -1.01. The van der Waals surface area contributed by atoms with E-state index in [0.29, 0.717) is 0 Å². The summed E-state index contributed by atoms with van der Waals surface area (Å²) in [7, 11) is 1.77. The number of methoxy groups -OCH3 is 1. The molecule has 0 aliphatic carbocycles. The van der Waals surface area contributed by atoms with Crippen molar-refractivity contribution in [3.8, 4) is 0 Å². The zero-order valence-electron chi connectivity index (χ0n) is 13.5. The standard InChI is InChI=1S/C17H27N3O2/c1-21-10-8-19-7-5-17(13-19)14-20(9-11-22-15-17)12-16-4-2-3-6-18-16/h2-4,6H,5,7-15H2,1H3. The predicted octanol–water partition coefficient (Wildman–Crippen LogP) is 1.25. The number of pyridine rings is 1. The van der Waals surface area contributed by atoms with Gasteiger partial charge in [-0.3, -0.25) is 9.88 Å². The molecule has 22 heavy (non-hydrogen) atoms. The lowest BCUT2D eigenvalue weighted by Crippen LogP contribution is -2.41. The molecule has 3 heterocycles. The zero-order valence-corrected chi connectivity index (χ0v) is 13.5. The second kappa shape index (κ2) is 7.51. The van der Waals surface area contributed by atoms with E-state index in [2.05, 4.69) is 26.9 Å². The van der Waals surface area contributed by atoms with E-state index in [4.69, 9.17) is 9.47 Å². The van der Waals surface area contributed by atoms with Crippen molar-refractivity contribution in [3.05, 3.63) is 30.1 Å². The molecule has 2 aliphatic heterocycles. The minimum atomic E-state index is 0.277. The van der Waals surface area contributed by atoms with Gasteiger partial charge < -0.3 is 14.4 Å². The van der Waals surface area contributed by atoms with Gasteiger partial charge >= 0.3 is 0 Å². The molecule has 1 aromatic heterocycles. The van der Waals surface area contributed by atoms with E-state index in [0.717, 1.165) is 64.8 Å². The van der Waals surface area contributed by atoms with Gasteiger partial charge in [0.05, 0.1) is 25.5 Å². The molecule has 2 aliphatic rings. The fourth-order valence-corrected chi connectivity index (χ4v) is 3.62. The third kappa shape index (κ3) is 4.04. The number of ether oxygens (including phenoxy) is 2. The minimum Gasteiger partial charge on any atom is -0.383 e. The van der Waals surface area contributed by atoms with Gasteiger partial charge in [-0.25, -0.2) is 0 Å². The molecule has 0 bridgehead atoms. The van der Waals surface area contributed by atoms with Gasteiger partial charge in [-0.05, 0) is 25.1 Å². The molecule has 5 nitrogen and oxygen atoms in total. The Balaban J connectivity index is 1.60. The average molecular weight is 305 g/mol. The van der Waals surface area contributed by atoms with E-state index in [-0.39, 0.29) is 5.41 Å². The van der Waals surface area contributed by atoms with Crippen LogP contribution < -0.4 is 0 Å². The van der Waals surface area contributed by atoms with Crippen molar-refractivity contribution < 1.29 is 9.47 Å². The number of aromatic nitrogens is 1. The highest BCUT2D eigenvalue weighted by Crippen LogP contribution is 2.33. The highest BCUT2D eigenvalue weighted by molar-refractivity contribution is 5.04. The minimum absolute atomic E-state index is 0.277. The summed E-state index contributed by atoms with van der Waals surface area (Å²) in [5, 5.41) is 0. The molecule has 5 heteroatoms. The Bertz CT molecular complexity index is 456. The van der Waals surface area contributed by atoms with Crippen LogP contribution in [0.1, 0.15) is 12.1 Å². The van der Waals surface area contributed by atoms with E-state index >= 15 is 0 Å². The number of rotatable bonds is 5. The fraction of sp³-hybridized carbons (Fsp3) is 0.706.